The molecule has 2 heterocycles. The summed E-state index contributed by atoms with van der Waals surface area (Å²) in [6.45, 7) is 1.92. The number of aromatic nitrogens is 1. The second-order valence-corrected chi connectivity index (χ2v) is 7.48. The summed E-state index contributed by atoms with van der Waals surface area (Å²) in [5.41, 5.74) is 8.64. The quantitative estimate of drug-likeness (QED) is 0.786. The van der Waals surface area contributed by atoms with E-state index in [1.807, 2.05) is 12.3 Å². The van der Waals surface area contributed by atoms with Crippen molar-refractivity contribution in [3.63, 3.8) is 0 Å². The van der Waals surface area contributed by atoms with Crippen LogP contribution in [0.25, 0.3) is 21.9 Å². The molecule has 2 N–H and O–H groups in total. The highest BCUT2D eigenvalue weighted by Crippen LogP contribution is 2.36. The summed E-state index contributed by atoms with van der Waals surface area (Å²) >= 11 is 1.45. The zero-order valence-corrected chi connectivity index (χ0v) is 12.5. The van der Waals surface area contributed by atoms with Gasteiger partial charge in [0.25, 0.3) is 0 Å². The lowest BCUT2D eigenvalue weighted by molar-refractivity contribution is 0.602. The number of fused-ring (bicyclic) bond motifs is 1. The van der Waals surface area contributed by atoms with E-state index in [1.54, 1.807) is 6.07 Å². The second kappa shape index (κ2) is 4.32. The van der Waals surface area contributed by atoms with Gasteiger partial charge in [-0.15, -0.1) is 11.3 Å². The number of sulfone groups is 1. The van der Waals surface area contributed by atoms with Gasteiger partial charge in [-0.05, 0) is 36.1 Å². The maximum Gasteiger partial charge on any atom is 0.239 e. The van der Waals surface area contributed by atoms with E-state index < -0.39 is 9.84 Å². The van der Waals surface area contributed by atoms with E-state index in [2.05, 4.69) is 4.98 Å². The van der Waals surface area contributed by atoms with Gasteiger partial charge in [-0.2, -0.15) is 0 Å². The Hall–Kier alpha value is -1.86. The molecule has 0 radical (unpaired) electrons. The summed E-state index contributed by atoms with van der Waals surface area (Å²) in [7, 11) is -3.26. The van der Waals surface area contributed by atoms with Gasteiger partial charge in [-0.25, -0.2) is 13.4 Å². The van der Waals surface area contributed by atoms with Gasteiger partial charge in [-0.1, -0.05) is 0 Å². The molecule has 0 atom stereocenters. The normalized spacial score (nSPS) is 12.1. The minimum atomic E-state index is -3.26. The van der Waals surface area contributed by atoms with Crippen LogP contribution in [-0.2, 0) is 9.84 Å². The van der Waals surface area contributed by atoms with Crippen molar-refractivity contribution in [1.29, 1.82) is 0 Å². The van der Waals surface area contributed by atoms with Gasteiger partial charge in [0.15, 0.2) is 15.4 Å². The molecule has 0 unspecified atom stereocenters. The fourth-order valence-electron chi connectivity index (χ4n) is 1.85. The van der Waals surface area contributed by atoms with Crippen LogP contribution in [0.1, 0.15) is 5.56 Å². The minimum absolute atomic E-state index is 0.222. The molecule has 1 aromatic carbocycles. The zero-order valence-electron chi connectivity index (χ0n) is 10.9. The van der Waals surface area contributed by atoms with Crippen molar-refractivity contribution >= 4 is 38.0 Å². The number of anilines is 1. The molecule has 0 bridgehead atoms. The highest BCUT2D eigenvalue weighted by atomic mass is 32.2. The van der Waals surface area contributed by atoms with Crippen molar-refractivity contribution in [2.75, 3.05) is 12.0 Å². The summed E-state index contributed by atoms with van der Waals surface area (Å²) in [5.74, 6) is 0.418. The number of oxazole rings is 1. The molecule has 0 aliphatic carbocycles. The number of nitrogens with two attached hydrogens (primary N) is 1. The number of nitrogens with zero attached hydrogens (tertiary/aromatic N) is 1. The second-order valence-electron chi connectivity index (χ2n) is 4.58. The Bertz CT molecular complexity index is 907. The van der Waals surface area contributed by atoms with Crippen molar-refractivity contribution in [2.45, 2.75) is 11.8 Å². The first-order chi connectivity index (χ1) is 9.36. The van der Waals surface area contributed by atoms with Gasteiger partial charge in [0.05, 0.1) is 10.6 Å². The Kier molecular flexibility index (Phi) is 2.84. The van der Waals surface area contributed by atoms with Crippen LogP contribution in [0.5, 0.6) is 0 Å². The largest absolute Gasteiger partial charge is 0.435 e. The Labute approximate surface area is 120 Å². The van der Waals surface area contributed by atoms with Crippen LogP contribution in [-0.4, -0.2) is 19.7 Å². The molecule has 7 heteroatoms. The lowest BCUT2D eigenvalue weighted by Crippen LogP contribution is -1.96. The molecular weight excluding hydrogens is 296 g/mol. The molecule has 0 aliphatic heterocycles. The van der Waals surface area contributed by atoms with E-state index in [-0.39, 0.29) is 4.90 Å². The summed E-state index contributed by atoms with van der Waals surface area (Å²) in [6.07, 6.45) is 1.16. The zero-order chi connectivity index (χ0) is 14.5. The number of nitrogen functional groups attached to an aromatic ring is 1. The first-order valence-corrected chi connectivity index (χ1v) is 8.58. The van der Waals surface area contributed by atoms with E-state index >= 15 is 0 Å². The number of rotatable bonds is 2. The Morgan fingerprint density at radius 2 is 2.10 bits per heavy atom. The molecule has 3 aromatic rings. The molecule has 20 heavy (non-hydrogen) atoms. The van der Waals surface area contributed by atoms with Crippen molar-refractivity contribution in [2.24, 2.45) is 0 Å². The SMILES string of the molecule is Cc1csc(-c2nc3cc(S(C)(=O)=O)ccc3o2)c1N. The summed E-state index contributed by atoms with van der Waals surface area (Å²) in [4.78, 5) is 5.32. The fourth-order valence-corrected chi connectivity index (χ4v) is 3.39. The average molecular weight is 308 g/mol. The van der Waals surface area contributed by atoms with E-state index in [0.717, 1.165) is 16.7 Å². The van der Waals surface area contributed by atoms with Crippen LogP contribution in [0.4, 0.5) is 5.69 Å². The molecule has 2 aromatic heterocycles. The molecule has 104 valence electrons. The van der Waals surface area contributed by atoms with Crippen LogP contribution in [0, 0.1) is 6.92 Å². The maximum absolute atomic E-state index is 11.5. The van der Waals surface area contributed by atoms with Crippen LogP contribution < -0.4 is 5.73 Å². The van der Waals surface area contributed by atoms with Crippen molar-refractivity contribution in [1.82, 2.24) is 4.98 Å². The molecule has 0 spiro atoms. The first-order valence-electron chi connectivity index (χ1n) is 5.81. The molecular formula is C13H12N2O3S2. The van der Waals surface area contributed by atoms with E-state index in [4.69, 9.17) is 10.2 Å². The monoisotopic (exact) mass is 308 g/mol. The first kappa shape index (κ1) is 13.1. The summed E-state index contributed by atoms with van der Waals surface area (Å²) in [6, 6.07) is 4.63. The molecule has 5 nitrogen and oxygen atoms in total. The van der Waals surface area contributed by atoms with Gasteiger partial charge in [0, 0.05) is 6.26 Å². The minimum Gasteiger partial charge on any atom is -0.435 e. The lowest BCUT2D eigenvalue weighted by atomic mass is 10.3. The van der Waals surface area contributed by atoms with Crippen LogP contribution in [0.2, 0.25) is 0 Å². The molecule has 3 rings (SSSR count). The molecule has 0 amide bonds. The predicted molar refractivity (Wildman–Crippen MR) is 79.6 cm³/mol. The predicted octanol–water partition coefficient (Wildman–Crippen LogP) is 2.85. The number of thiophene rings is 1. The fraction of sp³-hybridized carbons (Fsp3) is 0.154. The van der Waals surface area contributed by atoms with Crippen molar-refractivity contribution < 1.29 is 12.8 Å². The molecule has 0 saturated heterocycles. The van der Waals surface area contributed by atoms with Gasteiger partial charge in [0.2, 0.25) is 5.89 Å². The third kappa shape index (κ3) is 2.08. The van der Waals surface area contributed by atoms with E-state index in [1.165, 1.54) is 23.5 Å². The van der Waals surface area contributed by atoms with Crippen LogP contribution >= 0.6 is 11.3 Å². The summed E-state index contributed by atoms with van der Waals surface area (Å²) in [5, 5.41) is 1.93. The van der Waals surface area contributed by atoms with Crippen LogP contribution in [0.15, 0.2) is 32.9 Å². The van der Waals surface area contributed by atoms with E-state index in [9.17, 15) is 8.42 Å². The van der Waals surface area contributed by atoms with Gasteiger partial charge in [-0.3, -0.25) is 0 Å². The third-order valence-electron chi connectivity index (χ3n) is 3.00. The smallest absolute Gasteiger partial charge is 0.239 e. The summed E-state index contributed by atoms with van der Waals surface area (Å²) < 4.78 is 28.7. The highest BCUT2D eigenvalue weighted by molar-refractivity contribution is 7.90. The number of benzene rings is 1. The van der Waals surface area contributed by atoms with Crippen LogP contribution in [0.3, 0.4) is 0 Å². The van der Waals surface area contributed by atoms with Crippen molar-refractivity contribution in [3.05, 3.63) is 29.1 Å². The standard InChI is InChI=1S/C13H12N2O3S2/c1-7-6-19-12(11(7)14)13-15-9-5-8(20(2,16)17)3-4-10(9)18-13/h3-6H,14H2,1-2H3. The Morgan fingerprint density at radius 3 is 2.70 bits per heavy atom. The third-order valence-corrected chi connectivity index (χ3v) is 5.22. The maximum atomic E-state index is 11.5. The van der Waals surface area contributed by atoms with Gasteiger partial charge < -0.3 is 10.2 Å². The van der Waals surface area contributed by atoms with Gasteiger partial charge in [0.1, 0.15) is 10.4 Å². The highest BCUT2D eigenvalue weighted by Gasteiger charge is 2.16. The molecule has 0 saturated carbocycles. The van der Waals surface area contributed by atoms with Crippen molar-refractivity contribution in [3.8, 4) is 10.8 Å². The number of hydrogen-bond donors (Lipinski definition) is 1. The lowest BCUT2D eigenvalue weighted by Gasteiger charge is -1.95. The topological polar surface area (TPSA) is 86.2 Å². The number of aryl methyl sites for hydroxylation is 1. The molecule has 0 aliphatic rings. The van der Waals surface area contributed by atoms with Gasteiger partial charge >= 0.3 is 0 Å². The van der Waals surface area contributed by atoms with E-state index in [0.29, 0.717) is 22.7 Å². The Morgan fingerprint density at radius 1 is 1.35 bits per heavy atom. The molecule has 0 fully saturated rings. The number of hydrogen-bond acceptors (Lipinski definition) is 6. The average Bonchev–Trinajstić information content (AvgIpc) is 2.92. The Balaban J connectivity index is 2.19.